The molecule has 0 aliphatic carbocycles. The second kappa shape index (κ2) is 13.0. The molecule has 0 aliphatic rings. The van der Waals surface area contributed by atoms with Gasteiger partial charge in [-0.3, -0.25) is 0 Å². The van der Waals surface area contributed by atoms with Gasteiger partial charge < -0.3 is 4.42 Å². The molecule has 1 nitrogen and oxygen atoms in total. The fourth-order valence-corrected chi connectivity index (χ4v) is 11.6. The van der Waals surface area contributed by atoms with Gasteiger partial charge in [0.1, 0.15) is 11.2 Å². The van der Waals surface area contributed by atoms with E-state index in [0.717, 1.165) is 21.9 Å². The molecule has 0 atom stereocenters. The highest BCUT2D eigenvalue weighted by molar-refractivity contribution is 6.27. The fraction of sp³-hybridized carbons (Fsp3) is 0. The summed E-state index contributed by atoms with van der Waals surface area (Å²) in [7, 11) is 0. The highest BCUT2D eigenvalue weighted by Crippen LogP contribution is 2.47. The topological polar surface area (TPSA) is 13.1 Å². The molecule has 0 saturated heterocycles. The predicted octanol–water partition coefficient (Wildman–Crippen LogP) is 18.4. The molecule has 14 aromatic carbocycles. The van der Waals surface area contributed by atoms with Gasteiger partial charge in [0.05, 0.1) is 0 Å². The third kappa shape index (κ3) is 4.98. The molecule has 0 spiro atoms. The van der Waals surface area contributed by atoms with Crippen molar-refractivity contribution in [2.24, 2.45) is 0 Å². The van der Waals surface area contributed by atoms with E-state index < -0.39 is 0 Å². The molecule has 15 rings (SSSR count). The first-order chi connectivity index (χ1) is 32.2. The van der Waals surface area contributed by atoms with Crippen LogP contribution in [0.3, 0.4) is 0 Å². The highest BCUT2D eigenvalue weighted by atomic mass is 16.3. The van der Waals surface area contributed by atoms with Gasteiger partial charge in [0.15, 0.2) is 0 Å². The minimum absolute atomic E-state index is 0.903. The van der Waals surface area contributed by atoms with Crippen LogP contribution in [0.4, 0.5) is 0 Å². The van der Waals surface area contributed by atoms with Gasteiger partial charge in [0.2, 0.25) is 0 Å². The molecule has 65 heavy (non-hydrogen) atoms. The molecule has 0 bridgehead atoms. The molecule has 1 heterocycles. The van der Waals surface area contributed by atoms with E-state index in [9.17, 15) is 0 Å². The van der Waals surface area contributed by atoms with Crippen LogP contribution in [0, 0.1) is 0 Å². The summed E-state index contributed by atoms with van der Waals surface area (Å²) < 4.78 is 6.32. The molecule has 0 fully saturated rings. The number of fused-ring (bicyclic) bond motifs is 5. The second-order valence-corrected chi connectivity index (χ2v) is 17.9. The maximum atomic E-state index is 6.32. The first-order valence-corrected chi connectivity index (χ1v) is 22.6. The SMILES string of the molecule is c1ccc2c(-c3cc(-c4ccc5ccc6cccc7ccc4c5c67)cc4c(-c5ccc6oc7ccccc7c6c5)cccc34)cc(-c3ccc4ccc5cccc6ccc3c4c56)cc2c1. The summed E-state index contributed by atoms with van der Waals surface area (Å²) in [5.74, 6) is 0. The second-order valence-electron chi connectivity index (χ2n) is 17.9. The predicted molar refractivity (Wildman–Crippen MR) is 278 cm³/mol. The van der Waals surface area contributed by atoms with Crippen molar-refractivity contribution in [1.82, 2.24) is 0 Å². The van der Waals surface area contributed by atoms with E-state index in [1.807, 2.05) is 6.07 Å². The Hall–Kier alpha value is -8.52. The number of hydrogen-bond donors (Lipinski definition) is 0. The average molecular weight is 821 g/mol. The van der Waals surface area contributed by atoms with Gasteiger partial charge in [-0.05, 0) is 173 Å². The first kappa shape index (κ1) is 35.0. The van der Waals surface area contributed by atoms with E-state index in [2.05, 4.69) is 212 Å². The van der Waals surface area contributed by atoms with Crippen LogP contribution < -0.4 is 0 Å². The van der Waals surface area contributed by atoms with Crippen LogP contribution in [0.15, 0.2) is 223 Å². The third-order valence-electron chi connectivity index (χ3n) is 14.5. The molecule has 298 valence electrons. The zero-order valence-corrected chi connectivity index (χ0v) is 35.2. The van der Waals surface area contributed by atoms with Gasteiger partial charge in [-0.1, -0.05) is 176 Å². The Labute approximate surface area is 373 Å². The van der Waals surface area contributed by atoms with Gasteiger partial charge in [-0.25, -0.2) is 0 Å². The quantitative estimate of drug-likeness (QED) is 0.161. The van der Waals surface area contributed by atoms with Crippen molar-refractivity contribution in [3.8, 4) is 44.5 Å². The van der Waals surface area contributed by atoms with Crippen molar-refractivity contribution >= 4 is 108 Å². The summed E-state index contributed by atoms with van der Waals surface area (Å²) in [6.07, 6.45) is 0. The molecule has 0 aliphatic heterocycles. The lowest BCUT2D eigenvalue weighted by Gasteiger charge is -2.19. The minimum atomic E-state index is 0.903. The summed E-state index contributed by atoms with van der Waals surface area (Å²) in [5, 5.41) is 22.7. The zero-order valence-electron chi connectivity index (χ0n) is 35.2. The van der Waals surface area contributed by atoms with Gasteiger partial charge in [0.25, 0.3) is 0 Å². The van der Waals surface area contributed by atoms with E-state index in [-0.39, 0.29) is 0 Å². The van der Waals surface area contributed by atoms with Crippen molar-refractivity contribution in [3.05, 3.63) is 218 Å². The molecule has 1 heteroatoms. The Balaban J connectivity index is 1.04. The summed E-state index contributed by atoms with van der Waals surface area (Å²) in [6.45, 7) is 0. The molecule has 1 aromatic heterocycles. The zero-order chi connectivity index (χ0) is 42.3. The van der Waals surface area contributed by atoms with Crippen LogP contribution in [0.2, 0.25) is 0 Å². The Morgan fingerprint density at radius 3 is 1.34 bits per heavy atom. The smallest absolute Gasteiger partial charge is 0.135 e. The summed E-state index contributed by atoms with van der Waals surface area (Å²) in [4.78, 5) is 0. The molecule has 0 saturated carbocycles. The van der Waals surface area contributed by atoms with Gasteiger partial charge in [-0.2, -0.15) is 0 Å². The number of rotatable bonds is 4. The molecule has 0 unspecified atom stereocenters. The normalized spacial score (nSPS) is 12.3. The molecule has 0 amide bonds. The van der Waals surface area contributed by atoms with Gasteiger partial charge in [0, 0.05) is 10.8 Å². The van der Waals surface area contributed by atoms with E-state index in [1.165, 1.54) is 131 Å². The fourth-order valence-electron chi connectivity index (χ4n) is 11.6. The van der Waals surface area contributed by atoms with Crippen LogP contribution in [-0.4, -0.2) is 0 Å². The minimum Gasteiger partial charge on any atom is -0.456 e. The lowest BCUT2D eigenvalue weighted by Crippen LogP contribution is -1.92. The Bertz CT molecular complexity index is 4440. The van der Waals surface area contributed by atoms with Crippen molar-refractivity contribution < 1.29 is 4.42 Å². The number of furan rings is 1. The first-order valence-electron chi connectivity index (χ1n) is 22.6. The molecule has 0 radical (unpaired) electrons. The van der Waals surface area contributed by atoms with E-state index >= 15 is 0 Å². The van der Waals surface area contributed by atoms with Crippen LogP contribution in [0.5, 0.6) is 0 Å². The van der Waals surface area contributed by atoms with Gasteiger partial charge >= 0.3 is 0 Å². The van der Waals surface area contributed by atoms with Crippen molar-refractivity contribution in [1.29, 1.82) is 0 Å². The summed E-state index contributed by atoms with van der Waals surface area (Å²) in [6, 6.07) is 81.6. The van der Waals surface area contributed by atoms with Crippen LogP contribution in [-0.2, 0) is 0 Å². The maximum absolute atomic E-state index is 6.32. The molecule has 15 aromatic rings. The molecular formula is C64H36O. The number of hydrogen-bond acceptors (Lipinski definition) is 1. The largest absolute Gasteiger partial charge is 0.456 e. The van der Waals surface area contributed by atoms with Crippen molar-refractivity contribution in [2.75, 3.05) is 0 Å². The monoisotopic (exact) mass is 820 g/mol. The van der Waals surface area contributed by atoms with E-state index in [4.69, 9.17) is 4.42 Å². The lowest BCUT2D eigenvalue weighted by molar-refractivity contribution is 0.669. The Kier molecular flexibility index (Phi) is 7.01. The van der Waals surface area contributed by atoms with E-state index in [0.29, 0.717) is 0 Å². The van der Waals surface area contributed by atoms with Crippen molar-refractivity contribution in [2.45, 2.75) is 0 Å². The Morgan fingerprint density at radius 2 is 0.662 bits per heavy atom. The van der Waals surface area contributed by atoms with Crippen LogP contribution >= 0.6 is 0 Å². The Morgan fingerprint density at radius 1 is 0.200 bits per heavy atom. The van der Waals surface area contributed by atoms with E-state index in [1.54, 1.807) is 0 Å². The summed E-state index contributed by atoms with van der Waals surface area (Å²) in [5.41, 5.74) is 11.5. The standard InChI is InChI=1S/C64H36O/c1-2-13-47-43(8-1)32-45(49-27-22-41-20-18-37-9-5-11-39-24-29-53(49)63(41)61(37)39)34-56(47)57-36-46(50-28-23-42-21-19-38-10-6-12-40-25-30-54(50)64(42)62(38)40)35-55-48(15-7-16-51(55)57)44-26-31-60-58(33-44)52-14-3-4-17-59(52)65-60/h1-36H. The summed E-state index contributed by atoms with van der Waals surface area (Å²) >= 11 is 0. The van der Waals surface area contributed by atoms with Gasteiger partial charge in [-0.15, -0.1) is 0 Å². The number of para-hydroxylation sites is 1. The van der Waals surface area contributed by atoms with Crippen LogP contribution in [0.25, 0.3) is 153 Å². The highest BCUT2D eigenvalue weighted by Gasteiger charge is 2.20. The lowest BCUT2D eigenvalue weighted by atomic mass is 9.84. The molecule has 0 N–H and O–H groups in total. The van der Waals surface area contributed by atoms with Crippen LogP contribution in [0.1, 0.15) is 0 Å². The maximum Gasteiger partial charge on any atom is 0.135 e. The number of benzene rings is 14. The molecular weight excluding hydrogens is 785 g/mol. The van der Waals surface area contributed by atoms with Crippen molar-refractivity contribution in [3.63, 3.8) is 0 Å². The third-order valence-corrected chi connectivity index (χ3v) is 14.5. The average Bonchev–Trinajstić information content (AvgIpc) is 3.74.